The number of benzene rings is 1. The number of fused-ring (bicyclic) bond motifs is 1. The van der Waals surface area contributed by atoms with E-state index in [2.05, 4.69) is 10.3 Å². The van der Waals surface area contributed by atoms with Gasteiger partial charge in [-0.1, -0.05) is 6.07 Å². The Bertz CT molecular complexity index is 1210. The van der Waals surface area contributed by atoms with Crippen LogP contribution < -0.4 is 5.32 Å². The first-order valence-electron chi connectivity index (χ1n) is 11.4. The van der Waals surface area contributed by atoms with Crippen molar-refractivity contribution in [1.82, 2.24) is 15.2 Å². The molecule has 0 spiro atoms. The smallest absolute Gasteiger partial charge is 0.347 e. The number of nitrogens with zero attached hydrogens (tertiary/aromatic N) is 2. The van der Waals surface area contributed by atoms with Crippen LogP contribution in [-0.4, -0.2) is 33.8 Å². The van der Waals surface area contributed by atoms with Gasteiger partial charge in [0.1, 0.15) is 11.9 Å². The third-order valence-electron chi connectivity index (χ3n) is 7.01. The number of aromatic nitrogens is 1. The second kappa shape index (κ2) is 8.45. The largest absolute Gasteiger partial charge is 0.417 e. The average molecular weight is 515 g/mol. The lowest BCUT2D eigenvalue weighted by Crippen LogP contribution is -2.49. The Morgan fingerprint density at radius 1 is 0.972 bits per heavy atom. The highest BCUT2D eigenvalue weighted by Crippen LogP contribution is 2.49. The first-order chi connectivity index (χ1) is 16.8. The number of halogens is 7. The molecule has 1 N–H and O–H groups in total. The second-order valence-corrected chi connectivity index (χ2v) is 9.54. The van der Waals surface area contributed by atoms with Gasteiger partial charge in [-0.3, -0.25) is 14.6 Å². The van der Waals surface area contributed by atoms with Crippen molar-refractivity contribution in [3.63, 3.8) is 0 Å². The summed E-state index contributed by atoms with van der Waals surface area (Å²) in [4.78, 5) is 31.1. The highest BCUT2D eigenvalue weighted by molar-refractivity contribution is 5.98. The van der Waals surface area contributed by atoms with Crippen molar-refractivity contribution < 1.29 is 40.3 Å². The molecule has 0 radical (unpaired) electrons. The number of hydrogen-bond donors (Lipinski definition) is 1. The summed E-state index contributed by atoms with van der Waals surface area (Å²) >= 11 is 0. The fourth-order valence-electron chi connectivity index (χ4n) is 4.93. The second-order valence-electron chi connectivity index (χ2n) is 9.54. The lowest BCUT2D eigenvalue weighted by atomic mass is 9.99. The maximum atomic E-state index is 14.7. The molecule has 36 heavy (non-hydrogen) atoms. The summed E-state index contributed by atoms with van der Waals surface area (Å²) in [5.74, 6) is -2.63. The van der Waals surface area contributed by atoms with Crippen LogP contribution in [-0.2, 0) is 17.1 Å². The lowest BCUT2D eigenvalue weighted by molar-refractivity contribution is -0.138. The van der Waals surface area contributed by atoms with E-state index in [1.165, 1.54) is 4.90 Å². The highest BCUT2D eigenvalue weighted by Gasteiger charge is 2.56. The first kappa shape index (κ1) is 24.5. The van der Waals surface area contributed by atoms with Crippen molar-refractivity contribution in [2.45, 2.75) is 56.2 Å². The summed E-state index contributed by atoms with van der Waals surface area (Å²) in [5.41, 5.74) is -2.62. The van der Waals surface area contributed by atoms with Crippen LogP contribution in [0, 0.1) is 17.7 Å². The molecule has 2 saturated carbocycles. The third-order valence-corrected chi connectivity index (χ3v) is 7.01. The number of piperidine rings is 1. The summed E-state index contributed by atoms with van der Waals surface area (Å²) in [5, 5.41) is 2.70. The fraction of sp³-hybridized carbons (Fsp3) is 0.458. The Labute approximate surface area is 200 Å². The van der Waals surface area contributed by atoms with Gasteiger partial charge >= 0.3 is 12.4 Å². The standard InChI is InChI=1S/C24H20F7N3O2/c25-17-8-14(23(26,27)28)3-4-16(17)20(11-1-2-11)33-21(35)19-7-12-6-18(12)34(19)22(36)13-5-15(10-32-9-13)24(29,30)31/h3-5,8-12,18-20H,1-2,6-7H2,(H,33,35)/t12-,18-,19-,20-/m1/s1. The zero-order chi connectivity index (χ0) is 26.0. The molecule has 0 unspecified atom stereocenters. The van der Waals surface area contributed by atoms with Crippen LogP contribution in [0.5, 0.6) is 0 Å². The van der Waals surface area contributed by atoms with E-state index in [0.29, 0.717) is 44.0 Å². The van der Waals surface area contributed by atoms with Gasteiger partial charge < -0.3 is 10.2 Å². The van der Waals surface area contributed by atoms with Gasteiger partial charge in [-0.25, -0.2) is 4.39 Å². The molecule has 0 bridgehead atoms. The van der Waals surface area contributed by atoms with Crippen molar-refractivity contribution in [3.05, 3.63) is 64.7 Å². The molecule has 2 amide bonds. The Morgan fingerprint density at radius 3 is 2.28 bits per heavy atom. The number of amides is 2. The Kier molecular flexibility index (Phi) is 5.75. The maximum absolute atomic E-state index is 14.7. The number of likely N-dealkylation sites (tertiary alicyclic amines) is 1. The van der Waals surface area contributed by atoms with Gasteiger partial charge in [-0.05, 0) is 55.7 Å². The van der Waals surface area contributed by atoms with E-state index in [-0.39, 0.29) is 29.0 Å². The summed E-state index contributed by atoms with van der Waals surface area (Å²) in [7, 11) is 0. The predicted octanol–water partition coefficient (Wildman–Crippen LogP) is 5.13. The molecule has 12 heteroatoms. The van der Waals surface area contributed by atoms with Crippen molar-refractivity contribution in [1.29, 1.82) is 0 Å². The van der Waals surface area contributed by atoms with Gasteiger partial charge in [0.25, 0.3) is 5.91 Å². The summed E-state index contributed by atoms with van der Waals surface area (Å²) in [6.45, 7) is 0. The number of alkyl halides is 6. The van der Waals surface area contributed by atoms with Crippen molar-refractivity contribution in [2.75, 3.05) is 0 Å². The topological polar surface area (TPSA) is 62.3 Å². The summed E-state index contributed by atoms with van der Waals surface area (Å²) in [6, 6.07) is 0.651. The Balaban J connectivity index is 1.37. The molecule has 2 aromatic rings. The van der Waals surface area contributed by atoms with Gasteiger partial charge in [-0.2, -0.15) is 26.3 Å². The van der Waals surface area contributed by atoms with E-state index >= 15 is 0 Å². The molecular formula is C24H20F7N3O2. The van der Waals surface area contributed by atoms with E-state index in [1.54, 1.807) is 0 Å². The maximum Gasteiger partial charge on any atom is 0.417 e. The predicted molar refractivity (Wildman–Crippen MR) is 111 cm³/mol. The molecule has 192 valence electrons. The molecule has 5 nitrogen and oxygen atoms in total. The van der Waals surface area contributed by atoms with Crippen LogP contribution in [0.2, 0.25) is 0 Å². The molecule has 1 aromatic carbocycles. The highest BCUT2D eigenvalue weighted by atomic mass is 19.4. The quantitative estimate of drug-likeness (QED) is 0.562. The Hall–Kier alpha value is -3.18. The lowest BCUT2D eigenvalue weighted by Gasteiger charge is -2.29. The van der Waals surface area contributed by atoms with E-state index in [9.17, 15) is 40.3 Å². The number of rotatable bonds is 5. The van der Waals surface area contributed by atoms with E-state index in [4.69, 9.17) is 0 Å². The number of pyridine rings is 1. The number of hydrogen-bond acceptors (Lipinski definition) is 3. The van der Waals surface area contributed by atoms with Gasteiger partial charge in [0, 0.05) is 24.0 Å². The minimum absolute atomic E-state index is 0.0191. The fourth-order valence-corrected chi connectivity index (χ4v) is 4.93. The summed E-state index contributed by atoms with van der Waals surface area (Å²) in [6.07, 6.45) is -5.63. The first-order valence-corrected chi connectivity index (χ1v) is 11.4. The van der Waals surface area contributed by atoms with Crippen LogP contribution in [0.25, 0.3) is 0 Å². The van der Waals surface area contributed by atoms with Gasteiger partial charge in [-0.15, -0.1) is 0 Å². The molecule has 3 fully saturated rings. The molecule has 3 aliphatic rings. The molecule has 1 aromatic heterocycles. The zero-order valence-corrected chi connectivity index (χ0v) is 18.5. The minimum Gasteiger partial charge on any atom is -0.347 e. The Morgan fingerprint density at radius 2 is 1.67 bits per heavy atom. The van der Waals surface area contributed by atoms with Crippen LogP contribution in [0.1, 0.15) is 58.8 Å². The van der Waals surface area contributed by atoms with Gasteiger partial charge in [0.05, 0.1) is 22.7 Å². The molecule has 1 saturated heterocycles. The number of carbonyl (C=O) groups is 2. The van der Waals surface area contributed by atoms with Crippen molar-refractivity contribution in [3.8, 4) is 0 Å². The normalized spacial score (nSPS) is 24.3. The molecule has 2 aliphatic carbocycles. The van der Waals surface area contributed by atoms with Gasteiger partial charge in [0.15, 0.2) is 0 Å². The van der Waals surface area contributed by atoms with Crippen LogP contribution >= 0.6 is 0 Å². The molecule has 1 aliphatic heterocycles. The van der Waals surface area contributed by atoms with Crippen molar-refractivity contribution >= 4 is 11.8 Å². The van der Waals surface area contributed by atoms with Crippen LogP contribution in [0.3, 0.4) is 0 Å². The number of nitrogens with one attached hydrogen (secondary N) is 1. The SMILES string of the molecule is O=C(N[C@@H](c1ccc(C(F)(F)F)cc1F)C1CC1)[C@H]1C[C@H]2C[C@H]2N1C(=O)c1cncc(C(F)(F)F)c1. The van der Waals surface area contributed by atoms with Crippen molar-refractivity contribution in [2.24, 2.45) is 11.8 Å². The third kappa shape index (κ3) is 4.64. The average Bonchev–Trinajstić information content (AvgIpc) is 3.74. The monoisotopic (exact) mass is 515 g/mol. The summed E-state index contributed by atoms with van der Waals surface area (Å²) < 4.78 is 92.7. The molecule has 5 rings (SSSR count). The van der Waals surface area contributed by atoms with E-state index in [1.807, 2.05) is 0 Å². The van der Waals surface area contributed by atoms with E-state index < -0.39 is 53.2 Å². The van der Waals surface area contributed by atoms with Gasteiger partial charge in [0.2, 0.25) is 5.91 Å². The minimum atomic E-state index is -4.72. The zero-order valence-electron chi connectivity index (χ0n) is 18.5. The molecule has 4 atom stereocenters. The van der Waals surface area contributed by atoms with Crippen LogP contribution in [0.15, 0.2) is 36.7 Å². The molecular weight excluding hydrogens is 495 g/mol. The van der Waals surface area contributed by atoms with Crippen LogP contribution in [0.4, 0.5) is 30.7 Å². The molecule has 2 heterocycles. The number of carbonyl (C=O) groups excluding carboxylic acids is 2. The van der Waals surface area contributed by atoms with E-state index in [0.717, 1.165) is 18.3 Å².